The maximum Gasteiger partial charge on any atom is 0.203 e. The number of guanidine groups is 1. The Bertz CT molecular complexity index is 842. The zero-order valence-corrected chi connectivity index (χ0v) is 19.0. The van der Waals surface area contributed by atoms with Crippen LogP contribution in [0.2, 0.25) is 0 Å². The molecule has 0 aliphatic heterocycles. The van der Waals surface area contributed by atoms with Crippen molar-refractivity contribution < 1.29 is 23.7 Å². The van der Waals surface area contributed by atoms with Crippen LogP contribution < -0.4 is 29.6 Å². The number of aliphatic imine (C=N–C) groups is 1. The van der Waals surface area contributed by atoms with E-state index in [-0.39, 0.29) is 0 Å². The summed E-state index contributed by atoms with van der Waals surface area (Å²) in [5.74, 6) is 3.20. The maximum atomic E-state index is 5.77. The second kappa shape index (κ2) is 13.2. The number of ether oxygens (including phenoxy) is 5. The van der Waals surface area contributed by atoms with Crippen molar-refractivity contribution >= 4 is 11.6 Å². The van der Waals surface area contributed by atoms with Crippen LogP contribution in [-0.2, 0) is 11.3 Å². The molecule has 2 N–H and O–H groups in total. The molecular formula is C23H33N3O5. The highest BCUT2D eigenvalue weighted by molar-refractivity contribution is 5.93. The third kappa shape index (κ3) is 7.25. The van der Waals surface area contributed by atoms with Gasteiger partial charge in [0.05, 0.1) is 34.5 Å². The van der Waals surface area contributed by atoms with Crippen LogP contribution in [0.15, 0.2) is 41.4 Å². The summed E-state index contributed by atoms with van der Waals surface area (Å²) in [6, 6.07) is 11.5. The lowest BCUT2D eigenvalue weighted by Gasteiger charge is -2.16. The second-order valence-corrected chi connectivity index (χ2v) is 6.54. The molecule has 2 aromatic rings. The minimum Gasteiger partial charge on any atom is -0.493 e. The highest BCUT2D eigenvalue weighted by atomic mass is 16.5. The Balaban J connectivity index is 2.14. The number of nitrogens with zero attached hydrogens (tertiary/aromatic N) is 1. The van der Waals surface area contributed by atoms with E-state index in [1.807, 2.05) is 43.3 Å². The van der Waals surface area contributed by atoms with Crippen LogP contribution in [0.1, 0.15) is 18.9 Å². The lowest BCUT2D eigenvalue weighted by molar-refractivity contribution is 0.172. The van der Waals surface area contributed by atoms with E-state index in [9.17, 15) is 0 Å². The van der Waals surface area contributed by atoms with Gasteiger partial charge in [-0.1, -0.05) is 6.07 Å². The average molecular weight is 432 g/mol. The van der Waals surface area contributed by atoms with Crippen molar-refractivity contribution in [1.29, 1.82) is 0 Å². The van der Waals surface area contributed by atoms with Crippen molar-refractivity contribution in [2.45, 2.75) is 19.9 Å². The monoisotopic (exact) mass is 431 g/mol. The van der Waals surface area contributed by atoms with Gasteiger partial charge in [-0.3, -0.25) is 0 Å². The third-order valence-corrected chi connectivity index (χ3v) is 4.40. The fourth-order valence-electron chi connectivity index (χ4n) is 2.95. The Morgan fingerprint density at radius 3 is 2.42 bits per heavy atom. The minimum absolute atomic E-state index is 0.395. The van der Waals surface area contributed by atoms with Crippen molar-refractivity contribution in [2.75, 3.05) is 53.5 Å². The molecule has 0 fully saturated rings. The molecule has 0 amide bonds. The number of benzene rings is 2. The molecule has 170 valence electrons. The van der Waals surface area contributed by atoms with E-state index in [2.05, 4.69) is 10.6 Å². The summed E-state index contributed by atoms with van der Waals surface area (Å²) in [6.45, 7) is 4.41. The Labute approximate surface area is 184 Å². The summed E-state index contributed by atoms with van der Waals surface area (Å²) in [6.07, 6.45) is 0.839. The zero-order chi connectivity index (χ0) is 22.5. The number of hydrogen-bond donors (Lipinski definition) is 2. The van der Waals surface area contributed by atoms with Crippen LogP contribution in [0.3, 0.4) is 0 Å². The van der Waals surface area contributed by atoms with Crippen LogP contribution in [0.4, 0.5) is 5.69 Å². The fraction of sp³-hybridized carbons (Fsp3) is 0.435. The second-order valence-electron chi connectivity index (χ2n) is 6.54. The van der Waals surface area contributed by atoms with E-state index in [0.717, 1.165) is 30.0 Å². The van der Waals surface area contributed by atoms with Crippen molar-refractivity contribution in [2.24, 2.45) is 4.99 Å². The molecule has 0 aromatic heterocycles. The summed E-state index contributed by atoms with van der Waals surface area (Å²) >= 11 is 0. The van der Waals surface area contributed by atoms with Gasteiger partial charge in [0.2, 0.25) is 5.75 Å². The first kappa shape index (κ1) is 24.1. The van der Waals surface area contributed by atoms with Gasteiger partial charge in [0.1, 0.15) is 5.75 Å². The van der Waals surface area contributed by atoms with Gasteiger partial charge in [0, 0.05) is 44.0 Å². The molecule has 0 aliphatic rings. The molecular weight excluding hydrogens is 398 g/mol. The third-order valence-electron chi connectivity index (χ3n) is 4.40. The highest BCUT2D eigenvalue weighted by Crippen LogP contribution is 2.39. The number of methoxy groups -OCH3 is 4. The summed E-state index contributed by atoms with van der Waals surface area (Å²) < 4.78 is 27.2. The van der Waals surface area contributed by atoms with E-state index < -0.39 is 0 Å². The molecule has 0 spiro atoms. The van der Waals surface area contributed by atoms with Gasteiger partial charge >= 0.3 is 0 Å². The Morgan fingerprint density at radius 2 is 1.74 bits per heavy atom. The summed E-state index contributed by atoms with van der Waals surface area (Å²) in [5, 5.41) is 6.57. The van der Waals surface area contributed by atoms with Crippen molar-refractivity contribution in [3.63, 3.8) is 0 Å². The Hall–Kier alpha value is -3.13. The molecule has 0 saturated heterocycles. The zero-order valence-electron chi connectivity index (χ0n) is 19.0. The molecule has 2 aromatic carbocycles. The molecule has 0 atom stereocenters. The molecule has 0 saturated carbocycles. The Morgan fingerprint density at radius 1 is 0.935 bits per heavy atom. The van der Waals surface area contributed by atoms with Gasteiger partial charge in [-0.05, 0) is 31.2 Å². The van der Waals surface area contributed by atoms with Crippen LogP contribution in [0, 0.1) is 0 Å². The van der Waals surface area contributed by atoms with E-state index in [4.69, 9.17) is 28.7 Å². The van der Waals surface area contributed by atoms with Crippen molar-refractivity contribution in [3.8, 4) is 23.0 Å². The average Bonchev–Trinajstić information content (AvgIpc) is 2.80. The molecule has 0 heterocycles. The Kier molecular flexibility index (Phi) is 10.3. The van der Waals surface area contributed by atoms with Gasteiger partial charge in [-0.25, -0.2) is 4.99 Å². The summed E-state index contributed by atoms with van der Waals surface area (Å²) in [7, 11) is 6.47. The number of anilines is 1. The van der Waals surface area contributed by atoms with Gasteiger partial charge in [0.15, 0.2) is 17.5 Å². The first-order valence-corrected chi connectivity index (χ1v) is 10.2. The van der Waals surface area contributed by atoms with E-state index in [1.165, 1.54) is 0 Å². The van der Waals surface area contributed by atoms with E-state index in [0.29, 0.717) is 43.0 Å². The van der Waals surface area contributed by atoms with Crippen molar-refractivity contribution in [1.82, 2.24) is 5.32 Å². The molecule has 0 unspecified atom stereocenters. The number of hydrogen-bond acceptors (Lipinski definition) is 6. The maximum absolute atomic E-state index is 5.77. The van der Waals surface area contributed by atoms with Crippen molar-refractivity contribution in [3.05, 3.63) is 42.0 Å². The van der Waals surface area contributed by atoms with Gasteiger partial charge < -0.3 is 34.3 Å². The molecule has 0 aliphatic carbocycles. The van der Waals surface area contributed by atoms with Gasteiger partial charge in [0.25, 0.3) is 0 Å². The van der Waals surface area contributed by atoms with Gasteiger partial charge in [-0.2, -0.15) is 0 Å². The summed E-state index contributed by atoms with van der Waals surface area (Å²) in [4.78, 5) is 4.70. The molecule has 8 heteroatoms. The quantitative estimate of drug-likeness (QED) is 0.301. The first-order valence-electron chi connectivity index (χ1n) is 10.2. The molecule has 8 nitrogen and oxygen atoms in total. The lowest BCUT2D eigenvalue weighted by Crippen LogP contribution is -2.30. The molecule has 0 radical (unpaired) electrons. The minimum atomic E-state index is 0.395. The number of nitrogens with one attached hydrogen (secondary N) is 2. The topological polar surface area (TPSA) is 82.6 Å². The summed E-state index contributed by atoms with van der Waals surface area (Å²) in [5.41, 5.74) is 1.76. The molecule has 0 bridgehead atoms. The molecule has 31 heavy (non-hydrogen) atoms. The number of rotatable bonds is 12. The highest BCUT2D eigenvalue weighted by Gasteiger charge is 2.15. The SMILES string of the molecule is CCNC(=NCc1ccc(OC)c(OC)c1OC)Nc1cccc(OCCCOC)c1. The fourth-order valence-corrected chi connectivity index (χ4v) is 2.95. The van der Waals surface area contributed by atoms with Crippen LogP contribution in [0.5, 0.6) is 23.0 Å². The molecule has 2 rings (SSSR count). The van der Waals surface area contributed by atoms with Crippen LogP contribution >= 0.6 is 0 Å². The standard InChI is InChI=1S/C23H33N3O5/c1-6-24-23(26-18-9-7-10-19(15-18)31-14-8-13-27-2)25-16-17-11-12-20(28-3)22(30-5)21(17)29-4/h7,9-12,15H,6,8,13-14,16H2,1-5H3,(H2,24,25,26). The van der Waals surface area contributed by atoms with E-state index in [1.54, 1.807) is 28.4 Å². The predicted octanol–water partition coefficient (Wildman–Crippen LogP) is 3.71. The normalized spacial score (nSPS) is 11.1. The van der Waals surface area contributed by atoms with Crippen LogP contribution in [-0.4, -0.2) is 54.2 Å². The van der Waals surface area contributed by atoms with Crippen LogP contribution in [0.25, 0.3) is 0 Å². The smallest absolute Gasteiger partial charge is 0.203 e. The lowest BCUT2D eigenvalue weighted by atomic mass is 10.1. The van der Waals surface area contributed by atoms with E-state index >= 15 is 0 Å². The first-order chi connectivity index (χ1) is 15.2. The van der Waals surface area contributed by atoms with Gasteiger partial charge in [-0.15, -0.1) is 0 Å². The largest absolute Gasteiger partial charge is 0.493 e. The predicted molar refractivity (Wildman–Crippen MR) is 123 cm³/mol.